The lowest BCUT2D eigenvalue weighted by Gasteiger charge is -2.35. The van der Waals surface area contributed by atoms with E-state index in [2.05, 4.69) is 11.0 Å². The van der Waals surface area contributed by atoms with Crippen molar-refractivity contribution in [2.75, 3.05) is 32.1 Å². The highest BCUT2D eigenvalue weighted by atomic mass is 35.5. The fourth-order valence-electron chi connectivity index (χ4n) is 2.64. The van der Waals surface area contributed by atoms with Gasteiger partial charge in [0, 0.05) is 32.2 Å². The summed E-state index contributed by atoms with van der Waals surface area (Å²) in [6.07, 6.45) is 1.86. The first-order valence-electron chi connectivity index (χ1n) is 6.68. The average Bonchev–Trinajstić information content (AvgIpc) is 2.46. The Morgan fingerprint density at radius 1 is 1.50 bits per heavy atom. The largest absolute Gasteiger partial charge is 0.370 e. The third-order valence-corrected chi connectivity index (χ3v) is 3.87. The fraction of sp³-hybridized carbons (Fsp3) is 0.467. The number of hydrogen-bond donors (Lipinski definition) is 0. The quantitative estimate of drug-likeness (QED) is 0.841. The van der Waals surface area contributed by atoms with Gasteiger partial charge in [0.15, 0.2) is 0 Å². The van der Waals surface area contributed by atoms with Crippen molar-refractivity contribution in [3.8, 4) is 6.07 Å². The van der Waals surface area contributed by atoms with E-state index in [4.69, 9.17) is 11.6 Å². The predicted octanol–water partition coefficient (Wildman–Crippen LogP) is 2.52. The Balaban J connectivity index is 2.21. The van der Waals surface area contributed by atoms with Gasteiger partial charge in [0.1, 0.15) is 6.07 Å². The smallest absolute Gasteiger partial charge is 0.226 e. The molecule has 2 rings (SSSR count). The molecule has 0 aromatic heterocycles. The molecule has 0 saturated carbocycles. The van der Waals surface area contributed by atoms with Gasteiger partial charge in [0.05, 0.1) is 17.2 Å². The minimum Gasteiger partial charge on any atom is -0.370 e. The first kappa shape index (κ1) is 14.7. The van der Waals surface area contributed by atoms with Crippen LogP contribution in [0.1, 0.15) is 18.4 Å². The molecule has 1 unspecified atom stereocenters. The highest BCUT2D eigenvalue weighted by molar-refractivity contribution is 6.30. The summed E-state index contributed by atoms with van der Waals surface area (Å²) >= 11 is 5.92. The van der Waals surface area contributed by atoms with Crippen LogP contribution in [0.2, 0.25) is 5.02 Å². The van der Waals surface area contributed by atoms with Crippen LogP contribution in [0.5, 0.6) is 0 Å². The molecule has 1 atom stereocenters. The van der Waals surface area contributed by atoms with Gasteiger partial charge in [-0.25, -0.2) is 0 Å². The summed E-state index contributed by atoms with van der Waals surface area (Å²) in [6.45, 7) is 1.53. The highest BCUT2D eigenvalue weighted by Crippen LogP contribution is 2.28. The summed E-state index contributed by atoms with van der Waals surface area (Å²) < 4.78 is 0. The molecule has 1 heterocycles. The Kier molecular flexibility index (Phi) is 4.51. The number of nitrogens with zero attached hydrogens (tertiary/aromatic N) is 3. The van der Waals surface area contributed by atoms with Crippen molar-refractivity contribution in [2.45, 2.75) is 12.8 Å². The predicted molar refractivity (Wildman–Crippen MR) is 79.8 cm³/mol. The lowest BCUT2D eigenvalue weighted by atomic mass is 9.95. The Labute approximate surface area is 124 Å². The lowest BCUT2D eigenvalue weighted by molar-refractivity contribution is -0.133. The number of halogens is 1. The molecule has 106 valence electrons. The number of carbonyl (C=O) groups is 1. The molecule has 4 nitrogen and oxygen atoms in total. The zero-order chi connectivity index (χ0) is 14.7. The van der Waals surface area contributed by atoms with Crippen molar-refractivity contribution in [3.05, 3.63) is 28.8 Å². The van der Waals surface area contributed by atoms with Crippen molar-refractivity contribution in [3.63, 3.8) is 0 Å². The van der Waals surface area contributed by atoms with Crippen LogP contribution in [0.15, 0.2) is 18.2 Å². The van der Waals surface area contributed by atoms with E-state index >= 15 is 0 Å². The van der Waals surface area contributed by atoms with E-state index < -0.39 is 0 Å². The second-order valence-electron chi connectivity index (χ2n) is 5.29. The Morgan fingerprint density at radius 3 is 2.90 bits per heavy atom. The number of carbonyl (C=O) groups excluding carboxylic acids is 1. The van der Waals surface area contributed by atoms with E-state index in [-0.39, 0.29) is 11.8 Å². The van der Waals surface area contributed by atoms with Gasteiger partial charge in [-0.2, -0.15) is 5.26 Å². The van der Waals surface area contributed by atoms with Crippen LogP contribution in [0.25, 0.3) is 0 Å². The summed E-state index contributed by atoms with van der Waals surface area (Å²) in [4.78, 5) is 15.9. The minimum atomic E-state index is 0.000899. The molecule has 1 aromatic rings. The van der Waals surface area contributed by atoms with E-state index in [0.29, 0.717) is 17.1 Å². The number of hydrogen-bond acceptors (Lipinski definition) is 3. The molecule has 0 aliphatic carbocycles. The molecule has 1 aromatic carbocycles. The van der Waals surface area contributed by atoms with Crippen molar-refractivity contribution in [1.82, 2.24) is 4.90 Å². The van der Waals surface area contributed by atoms with E-state index in [1.54, 1.807) is 31.1 Å². The van der Waals surface area contributed by atoms with Gasteiger partial charge >= 0.3 is 0 Å². The topological polar surface area (TPSA) is 47.3 Å². The Hall–Kier alpha value is -1.73. The molecule has 1 fully saturated rings. The molecular weight excluding hydrogens is 274 g/mol. The summed E-state index contributed by atoms with van der Waals surface area (Å²) in [5.41, 5.74) is 1.43. The third-order valence-electron chi connectivity index (χ3n) is 3.63. The van der Waals surface area contributed by atoms with Gasteiger partial charge in [-0.05, 0) is 31.0 Å². The molecule has 0 spiro atoms. The van der Waals surface area contributed by atoms with E-state index in [0.717, 1.165) is 25.1 Å². The van der Waals surface area contributed by atoms with Gasteiger partial charge in [-0.3, -0.25) is 4.79 Å². The zero-order valence-electron chi connectivity index (χ0n) is 11.8. The lowest BCUT2D eigenvalue weighted by Crippen LogP contribution is -2.42. The molecule has 0 bridgehead atoms. The first-order valence-corrected chi connectivity index (χ1v) is 7.06. The second kappa shape index (κ2) is 6.15. The number of nitriles is 1. The van der Waals surface area contributed by atoms with Crippen molar-refractivity contribution < 1.29 is 4.79 Å². The van der Waals surface area contributed by atoms with Crippen molar-refractivity contribution in [1.29, 1.82) is 5.26 Å². The number of amides is 1. The van der Waals surface area contributed by atoms with Gasteiger partial charge < -0.3 is 9.80 Å². The summed E-state index contributed by atoms with van der Waals surface area (Å²) in [5.74, 6) is 0.156. The molecule has 20 heavy (non-hydrogen) atoms. The highest BCUT2D eigenvalue weighted by Gasteiger charge is 2.27. The number of rotatable bonds is 2. The van der Waals surface area contributed by atoms with Crippen molar-refractivity contribution in [2.24, 2.45) is 5.92 Å². The minimum absolute atomic E-state index is 0.000899. The second-order valence-corrected chi connectivity index (χ2v) is 5.73. The summed E-state index contributed by atoms with van der Waals surface area (Å²) in [6, 6.07) is 7.51. The molecule has 1 amide bonds. The third kappa shape index (κ3) is 3.05. The molecule has 0 radical (unpaired) electrons. The summed E-state index contributed by atoms with van der Waals surface area (Å²) in [5, 5.41) is 9.78. The van der Waals surface area contributed by atoms with Crippen LogP contribution in [-0.4, -0.2) is 38.0 Å². The SMILES string of the molecule is CN(C)C(=O)C1CCCN(c2ccc(Cl)cc2C#N)C1. The van der Waals surface area contributed by atoms with Gasteiger partial charge in [0.25, 0.3) is 0 Å². The standard InChI is InChI=1S/C15H18ClN3O/c1-18(2)15(20)11-4-3-7-19(10-11)14-6-5-13(16)8-12(14)9-17/h5-6,8,11H,3-4,7,10H2,1-2H3. The van der Waals surface area contributed by atoms with Crippen LogP contribution in [-0.2, 0) is 4.79 Å². The maximum Gasteiger partial charge on any atom is 0.226 e. The van der Waals surface area contributed by atoms with Crippen molar-refractivity contribution >= 4 is 23.2 Å². The maximum atomic E-state index is 12.1. The van der Waals surface area contributed by atoms with Gasteiger partial charge in [0.2, 0.25) is 5.91 Å². The van der Waals surface area contributed by atoms with Crippen LogP contribution >= 0.6 is 11.6 Å². The van der Waals surface area contributed by atoms with Crippen LogP contribution < -0.4 is 4.90 Å². The van der Waals surface area contributed by atoms with E-state index in [9.17, 15) is 10.1 Å². The normalized spacial score (nSPS) is 18.5. The van der Waals surface area contributed by atoms with Crippen LogP contribution in [0.4, 0.5) is 5.69 Å². The zero-order valence-corrected chi connectivity index (χ0v) is 12.5. The molecule has 1 saturated heterocycles. The van der Waals surface area contributed by atoms with Crippen LogP contribution in [0, 0.1) is 17.2 Å². The molecule has 1 aliphatic rings. The van der Waals surface area contributed by atoms with E-state index in [1.807, 2.05) is 6.07 Å². The van der Waals surface area contributed by atoms with E-state index in [1.165, 1.54) is 0 Å². The first-order chi connectivity index (χ1) is 9.52. The maximum absolute atomic E-state index is 12.1. The van der Waals surface area contributed by atoms with Crippen LogP contribution in [0.3, 0.4) is 0 Å². The van der Waals surface area contributed by atoms with Gasteiger partial charge in [-0.15, -0.1) is 0 Å². The molecular formula is C15H18ClN3O. The average molecular weight is 292 g/mol. The molecule has 0 N–H and O–H groups in total. The fourth-order valence-corrected chi connectivity index (χ4v) is 2.81. The molecule has 1 aliphatic heterocycles. The summed E-state index contributed by atoms with van der Waals surface area (Å²) in [7, 11) is 3.56. The van der Waals surface area contributed by atoms with Gasteiger partial charge in [-0.1, -0.05) is 11.6 Å². The number of anilines is 1. The number of piperidine rings is 1. The molecule has 5 heteroatoms. The Bertz CT molecular complexity index is 551. The monoisotopic (exact) mass is 291 g/mol. The Morgan fingerprint density at radius 2 is 2.25 bits per heavy atom. The number of benzene rings is 1.